The lowest BCUT2D eigenvalue weighted by Gasteiger charge is -2.19. The Kier molecular flexibility index (Phi) is 7.75. The van der Waals surface area contributed by atoms with Crippen LogP contribution >= 0.6 is 0 Å². The van der Waals surface area contributed by atoms with Crippen LogP contribution in [0, 0.1) is 16.8 Å². The minimum absolute atomic E-state index is 0.000485. The second kappa shape index (κ2) is 10.3. The summed E-state index contributed by atoms with van der Waals surface area (Å²) in [5.41, 5.74) is 7.17. The van der Waals surface area contributed by atoms with E-state index < -0.39 is 23.6 Å². The van der Waals surface area contributed by atoms with Gasteiger partial charge in [-0.3, -0.25) is 10.7 Å². The molecule has 0 saturated heterocycles. The lowest BCUT2D eigenvalue weighted by atomic mass is 10.2. The Hall–Kier alpha value is -3.86. The monoisotopic (exact) mass is 429 g/mol. The number of aliphatic imine (C=N–C) groups is 1. The minimum atomic E-state index is -1.35. The Balaban J connectivity index is 2.19. The quantitative estimate of drug-likeness (QED) is 0.223. The minimum Gasteiger partial charge on any atom is -0.444 e. The van der Waals surface area contributed by atoms with Crippen molar-refractivity contribution in [2.45, 2.75) is 32.5 Å². The summed E-state index contributed by atoms with van der Waals surface area (Å²) >= 11 is 0. The van der Waals surface area contributed by atoms with Crippen molar-refractivity contribution in [3.8, 4) is 0 Å². The van der Waals surface area contributed by atoms with Crippen molar-refractivity contribution < 1.29 is 19.0 Å². The number of aromatic nitrogens is 1. The number of H-pyrrole nitrogens is 1. The molecule has 0 spiro atoms. The SMILES string of the molecule is CC(C)(C)OC(=O)N/C(=N/C=N)c1ccc(C(O)/C(=C/Nc2ccccc2F)N=N)[nH]1. The molecule has 31 heavy (non-hydrogen) atoms. The fourth-order valence-corrected chi connectivity index (χ4v) is 2.41. The van der Waals surface area contributed by atoms with Gasteiger partial charge in [0.15, 0.2) is 5.84 Å². The maximum atomic E-state index is 13.7. The molecule has 2 rings (SSSR count). The number of aliphatic hydroxyl groups excluding tert-OH is 1. The second-order valence-corrected chi connectivity index (χ2v) is 7.27. The van der Waals surface area contributed by atoms with Crippen LogP contribution in [0.25, 0.3) is 0 Å². The van der Waals surface area contributed by atoms with Gasteiger partial charge in [-0.25, -0.2) is 19.7 Å². The van der Waals surface area contributed by atoms with Crippen LogP contribution in [0.15, 0.2) is 58.4 Å². The number of aliphatic hydroxyl groups is 1. The van der Waals surface area contributed by atoms with E-state index in [0.717, 1.165) is 6.34 Å². The number of amidine groups is 1. The molecule has 0 radical (unpaired) electrons. The summed E-state index contributed by atoms with van der Waals surface area (Å²) in [5, 5.41) is 26.1. The highest BCUT2D eigenvalue weighted by atomic mass is 19.1. The average molecular weight is 429 g/mol. The number of alkyl carbamates (subject to hydrolysis) is 1. The number of hydrogen-bond donors (Lipinski definition) is 6. The summed E-state index contributed by atoms with van der Waals surface area (Å²) in [7, 11) is 0. The van der Waals surface area contributed by atoms with E-state index in [-0.39, 0.29) is 28.6 Å². The fourth-order valence-electron chi connectivity index (χ4n) is 2.41. The van der Waals surface area contributed by atoms with E-state index in [1.165, 1.54) is 36.5 Å². The number of aromatic amines is 1. The molecule has 0 aliphatic rings. The number of amides is 1. The first-order valence-electron chi connectivity index (χ1n) is 9.17. The van der Waals surface area contributed by atoms with Crippen molar-refractivity contribution in [2.24, 2.45) is 10.1 Å². The van der Waals surface area contributed by atoms with E-state index >= 15 is 0 Å². The van der Waals surface area contributed by atoms with Crippen molar-refractivity contribution in [2.75, 3.05) is 5.32 Å². The number of anilines is 1. The van der Waals surface area contributed by atoms with Crippen molar-refractivity contribution in [1.82, 2.24) is 10.3 Å². The Morgan fingerprint density at radius 3 is 2.61 bits per heavy atom. The lowest BCUT2D eigenvalue weighted by molar-refractivity contribution is 0.0563. The van der Waals surface area contributed by atoms with Crippen molar-refractivity contribution in [1.29, 1.82) is 10.9 Å². The highest BCUT2D eigenvalue weighted by Crippen LogP contribution is 2.23. The van der Waals surface area contributed by atoms with E-state index in [2.05, 4.69) is 25.7 Å². The van der Waals surface area contributed by atoms with E-state index in [9.17, 15) is 14.3 Å². The Morgan fingerprint density at radius 1 is 1.29 bits per heavy atom. The third kappa shape index (κ3) is 6.85. The van der Waals surface area contributed by atoms with Gasteiger partial charge >= 0.3 is 6.09 Å². The van der Waals surface area contributed by atoms with Gasteiger partial charge in [-0.05, 0) is 45.0 Å². The molecule has 1 heterocycles. The number of rotatable bonds is 7. The van der Waals surface area contributed by atoms with Gasteiger partial charge in [-0.15, -0.1) is 0 Å². The zero-order chi connectivity index (χ0) is 23.0. The molecule has 10 nitrogen and oxygen atoms in total. The van der Waals surface area contributed by atoms with Crippen LogP contribution in [0.5, 0.6) is 0 Å². The summed E-state index contributed by atoms with van der Waals surface area (Å²) in [4.78, 5) is 18.7. The first kappa shape index (κ1) is 23.4. The maximum absolute atomic E-state index is 13.7. The van der Waals surface area contributed by atoms with Gasteiger partial charge in [0, 0.05) is 6.20 Å². The number of hydrogen-bond acceptors (Lipinski definition) is 7. The van der Waals surface area contributed by atoms with Crippen molar-refractivity contribution in [3.05, 3.63) is 65.5 Å². The Labute approximate surface area is 178 Å². The smallest absolute Gasteiger partial charge is 0.413 e. The predicted molar refractivity (Wildman–Crippen MR) is 114 cm³/mol. The van der Waals surface area contributed by atoms with Crippen LogP contribution in [-0.2, 0) is 4.74 Å². The molecule has 1 aromatic carbocycles. The molecule has 11 heteroatoms. The summed E-state index contributed by atoms with van der Waals surface area (Å²) in [6, 6.07) is 8.95. The first-order valence-corrected chi connectivity index (χ1v) is 9.17. The molecule has 1 aromatic heterocycles. The number of nitrogens with zero attached hydrogens (tertiary/aromatic N) is 2. The third-order valence-corrected chi connectivity index (χ3v) is 3.73. The fraction of sp³-hybridized carbons (Fsp3) is 0.250. The van der Waals surface area contributed by atoms with Crippen LogP contribution in [0.2, 0.25) is 0 Å². The molecular weight excluding hydrogens is 405 g/mol. The van der Waals surface area contributed by atoms with Gasteiger partial charge in [0.2, 0.25) is 0 Å². The third-order valence-electron chi connectivity index (χ3n) is 3.73. The van der Waals surface area contributed by atoms with Gasteiger partial charge in [0.05, 0.1) is 17.1 Å². The van der Waals surface area contributed by atoms with Gasteiger partial charge in [-0.1, -0.05) is 12.1 Å². The number of halogens is 1. The van der Waals surface area contributed by atoms with Crippen molar-refractivity contribution in [3.63, 3.8) is 0 Å². The van der Waals surface area contributed by atoms with Crippen LogP contribution in [-0.4, -0.2) is 34.0 Å². The van der Waals surface area contributed by atoms with Crippen LogP contribution in [0.3, 0.4) is 0 Å². The lowest BCUT2D eigenvalue weighted by Crippen LogP contribution is -2.37. The molecule has 1 unspecified atom stereocenters. The highest BCUT2D eigenvalue weighted by Gasteiger charge is 2.20. The molecule has 0 saturated carbocycles. The molecular formula is C20H24FN7O3. The van der Waals surface area contributed by atoms with Gasteiger partial charge < -0.3 is 20.1 Å². The van der Waals surface area contributed by atoms with E-state index in [0.29, 0.717) is 0 Å². The molecule has 1 amide bonds. The van der Waals surface area contributed by atoms with Crippen LogP contribution in [0.4, 0.5) is 14.9 Å². The molecule has 2 aromatic rings. The summed E-state index contributed by atoms with van der Waals surface area (Å²) in [5.74, 6) is -0.499. The first-order chi connectivity index (χ1) is 14.6. The normalized spacial score (nSPS) is 13.3. The second-order valence-electron chi connectivity index (χ2n) is 7.27. The number of nitrogens with one attached hydrogen (secondary N) is 5. The van der Waals surface area contributed by atoms with Gasteiger partial charge in [0.25, 0.3) is 0 Å². The Morgan fingerprint density at radius 2 is 2.00 bits per heavy atom. The molecule has 0 fully saturated rings. The van der Waals surface area contributed by atoms with E-state index in [1.54, 1.807) is 26.8 Å². The van der Waals surface area contributed by atoms with Gasteiger partial charge in [0.1, 0.15) is 29.6 Å². The van der Waals surface area contributed by atoms with Crippen LogP contribution < -0.4 is 10.6 Å². The molecule has 0 aliphatic carbocycles. The summed E-state index contributed by atoms with van der Waals surface area (Å²) < 4.78 is 18.9. The molecule has 0 aliphatic heterocycles. The number of ether oxygens (including phenoxy) is 1. The molecule has 1 atom stereocenters. The largest absolute Gasteiger partial charge is 0.444 e. The summed E-state index contributed by atoms with van der Waals surface area (Å²) in [6.07, 6.45) is -0.164. The predicted octanol–water partition coefficient (Wildman–Crippen LogP) is 4.05. The highest BCUT2D eigenvalue weighted by molar-refractivity contribution is 6.07. The molecule has 164 valence electrons. The van der Waals surface area contributed by atoms with Crippen molar-refractivity contribution >= 4 is 24.0 Å². The van der Waals surface area contributed by atoms with Gasteiger partial charge in [-0.2, -0.15) is 5.11 Å². The standard InChI is InChI=1S/C20H24FN7O3/c1-20(2,3)31-19(30)27-18(25-11-22)15-9-8-14(26-15)17(29)16(28-23)10-24-13-7-5-4-6-12(13)21/h4-11,17,23-24,26,29H,1-3H3,(H2,22,25,27,30)/b16-10-,28-23?. The van der Waals surface area contributed by atoms with Crippen LogP contribution in [0.1, 0.15) is 38.3 Å². The zero-order valence-corrected chi connectivity index (χ0v) is 17.2. The number of carbonyl (C=O) groups excluding carboxylic acids is 1. The summed E-state index contributed by atoms with van der Waals surface area (Å²) in [6.45, 7) is 5.12. The molecule has 6 N–H and O–H groups in total. The van der Waals surface area contributed by atoms with E-state index in [1.807, 2.05) is 0 Å². The number of para-hydroxylation sites is 1. The average Bonchev–Trinajstić information content (AvgIpc) is 3.18. The van der Waals surface area contributed by atoms with E-state index in [4.69, 9.17) is 15.7 Å². The Bertz CT molecular complexity index is 1010. The number of benzene rings is 1. The zero-order valence-electron chi connectivity index (χ0n) is 17.2. The molecule has 0 bridgehead atoms. The topological polar surface area (TPSA) is 159 Å². The maximum Gasteiger partial charge on any atom is 0.413 e. The number of carbonyl (C=O) groups is 1.